The summed E-state index contributed by atoms with van der Waals surface area (Å²) in [6.07, 6.45) is -0.461. The summed E-state index contributed by atoms with van der Waals surface area (Å²) < 4.78 is 23.4. The second-order valence-electron chi connectivity index (χ2n) is 3.93. The number of ketones is 1. The summed E-state index contributed by atoms with van der Waals surface area (Å²) in [7, 11) is 0. The van der Waals surface area contributed by atoms with Gasteiger partial charge in [0.25, 0.3) is 0 Å². The van der Waals surface area contributed by atoms with E-state index in [1.807, 2.05) is 0 Å². The number of allylic oxidation sites excluding steroid dienone is 1. The Morgan fingerprint density at radius 1 is 1.56 bits per heavy atom. The number of ether oxygens (including phenoxy) is 1. The van der Waals surface area contributed by atoms with Gasteiger partial charge in [-0.3, -0.25) is 14.9 Å². The van der Waals surface area contributed by atoms with Gasteiger partial charge in [-0.2, -0.15) is 0 Å². The standard InChI is InChI=1S/C11H10FNO5/c1-5(14)8-6(2)18-11(13(15)16)9(8)10-7(12)3-4-17-10/h3-4,9,11H,1-2H3. The fourth-order valence-electron chi connectivity index (χ4n) is 2.09. The van der Waals surface area contributed by atoms with E-state index in [1.54, 1.807) is 0 Å². The molecule has 0 amide bonds. The van der Waals surface area contributed by atoms with Crippen LogP contribution in [-0.4, -0.2) is 16.9 Å². The third kappa shape index (κ3) is 1.77. The van der Waals surface area contributed by atoms with Crippen molar-refractivity contribution in [1.82, 2.24) is 0 Å². The second-order valence-corrected chi connectivity index (χ2v) is 3.93. The lowest BCUT2D eigenvalue weighted by Gasteiger charge is -2.11. The van der Waals surface area contributed by atoms with Crippen LogP contribution in [0, 0.1) is 15.9 Å². The van der Waals surface area contributed by atoms with Crippen molar-refractivity contribution >= 4 is 5.78 Å². The minimum absolute atomic E-state index is 0.0746. The van der Waals surface area contributed by atoms with E-state index in [-0.39, 0.29) is 17.1 Å². The smallest absolute Gasteiger partial charge is 0.368 e. The number of rotatable bonds is 3. The van der Waals surface area contributed by atoms with E-state index in [0.29, 0.717) is 0 Å². The average Bonchev–Trinajstić information content (AvgIpc) is 2.81. The Balaban J connectivity index is 2.53. The average molecular weight is 255 g/mol. The number of carbonyl (C=O) groups excluding carboxylic acids is 1. The van der Waals surface area contributed by atoms with Crippen molar-refractivity contribution in [2.45, 2.75) is 26.0 Å². The summed E-state index contributed by atoms with van der Waals surface area (Å²) in [4.78, 5) is 21.7. The minimum Gasteiger partial charge on any atom is -0.465 e. The van der Waals surface area contributed by atoms with Crippen molar-refractivity contribution in [2.75, 3.05) is 0 Å². The Kier molecular flexibility index (Phi) is 2.90. The molecular weight excluding hydrogens is 245 g/mol. The van der Waals surface area contributed by atoms with E-state index >= 15 is 0 Å². The summed E-state index contributed by atoms with van der Waals surface area (Å²) in [6, 6.07) is 1.04. The first kappa shape index (κ1) is 12.3. The van der Waals surface area contributed by atoms with Crippen LogP contribution in [0.2, 0.25) is 0 Å². The first-order chi connectivity index (χ1) is 8.43. The Morgan fingerprint density at radius 2 is 2.22 bits per heavy atom. The maximum atomic E-state index is 13.5. The van der Waals surface area contributed by atoms with Crippen molar-refractivity contribution in [3.8, 4) is 0 Å². The molecule has 2 atom stereocenters. The molecule has 18 heavy (non-hydrogen) atoms. The molecule has 0 N–H and O–H groups in total. The van der Waals surface area contributed by atoms with Crippen LogP contribution in [0.3, 0.4) is 0 Å². The molecule has 7 heteroatoms. The van der Waals surface area contributed by atoms with Crippen molar-refractivity contribution in [3.05, 3.63) is 45.4 Å². The first-order valence-electron chi connectivity index (χ1n) is 5.18. The molecule has 0 spiro atoms. The Labute approximate surface area is 101 Å². The molecule has 0 saturated heterocycles. The van der Waals surface area contributed by atoms with Crippen LogP contribution in [-0.2, 0) is 9.53 Å². The van der Waals surface area contributed by atoms with Gasteiger partial charge in [0, 0.05) is 6.07 Å². The van der Waals surface area contributed by atoms with Crippen molar-refractivity contribution in [1.29, 1.82) is 0 Å². The molecule has 0 radical (unpaired) electrons. The van der Waals surface area contributed by atoms with Crippen molar-refractivity contribution in [2.24, 2.45) is 0 Å². The molecule has 2 rings (SSSR count). The van der Waals surface area contributed by atoms with Gasteiger partial charge in [0.2, 0.25) is 0 Å². The highest BCUT2D eigenvalue weighted by molar-refractivity contribution is 5.95. The molecule has 2 heterocycles. The van der Waals surface area contributed by atoms with Crippen molar-refractivity contribution in [3.63, 3.8) is 0 Å². The topological polar surface area (TPSA) is 82.6 Å². The van der Waals surface area contributed by atoms with Crippen LogP contribution in [0.4, 0.5) is 4.39 Å². The lowest BCUT2D eigenvalue weighted by molar-refractivity contribution is -0.570. The predicted octanol–water partition coefficient (Wildman–Crippen LogP) is 2.00. The zero-order valence-electron chi connectivity index (χ0n) is 9.68. The molecule has 1 aromatic rings. The van der Waals surface area contributed by atoms with Gasteiger partial charge in [-0.15, -0.1) is 0 Å². The van der Waals surface area contributed by atoms with Gasteiger partial charge in [-0.1, -0.05) is 0 Å². The van der Waals surface area contributed by atoms with E-state index in [1.165, 1.54) is 13.8 Å². The monoisotopic (exact) mass is 255 g/mol. The SMILES string of the molecule is CC(=O)C1=C(C)OC([N+](=O)[O-])C1c1occc1F. The fraction of sp³-hybridized carbons (Fsp3) is 0.364. The normalized spacial score (nSPS) is 23.1. The Bertz CT molecular complexity index is 547. The van der Waals surface area contributed by atoms with Crippen molar-refractivity contribution < 1.29 is 23.3 Å². The van der Waals surface area contributed by atoms with Crippen LogP contribution < -0.4 is 0 Å². The lowest BCUT2D eigenvalue weighted by atomic mass is 9.93. The van der Waals surface area contributed by atoms with Gasteiger partial charge in [-0.05, 0) is 13.8 Å². The zero-order valence-corrected chi connectivity index (χ0v) is 9.68. The van der Waals surface area contributed by atoms with Gasteiger partial charge in [0.05, 0.1) is 16.8 Å². The number of hydrogen-bond acceptors (Lipinski definition) is 5. The summed E-state index contributed by atoms with van der Waals surface area (Å²) in [5.74, 6) is -2.40. The highest BCUT2D eigenvalue weighted by atomic mass is 19.1. The highest BCUT2D eigenvalue weighted by Crippen LogP contribution is 2.40. The number of halogens is 1. The van der Waals surface area contributed by atoms with Crippen LogP contribution in [0.25, 0.3) is 0 Å². The van der Waals surface area contributed by atoms with E-state index < -0.39 is 28.7 Å². The van der Waals surface area contributed by atoms with Gasteiger partial charge in [-0.25, -0.2) is 4.39 Å². The lowest BCUT2D eigenvalue weighted by Crippen LogP contribution is -2.27. The molecular formula is C11H10FNO5. The van der Waals surface area contributed by atoms with Gasteiger partial charge >= 0.3 is 6.23 Å². The minimum atomic E-state index is -1.54. The van der Waals surface area contributed by atoms with Crippen LogP contribution in [0.15, 0.2) is 28.1 Å². The summed E-state index contributed by atoms with van der Waals surface area (Å²) in [6.45, 7) is 2.69. The molecule has 1 aliphatic rings. The van der Waals surface area contributed by atoms with Gasteiger partial charge in [0.15, 0.2) is 23.3 Å². The number of Topliss-reactive ketones (excluding diaryl/α,β-unsaturated/α-hetero) is 1. The zero-order chi connectivity index (χ0) is 13.4. The molecule has 1 aliphatic heterocycles. The molecule has 0 saturated carbocycles. The van der Waals surface area contributed by atoms with Gasteiger partial charge < -0.3 is 9.15 Å². The summed E-state index contributed by atoms with van der Waals surface area (Å²) in [5, 5.41) is 10.9. The van der Waals surface area contributed by atoms with Crippen LogP contribution in [0.5, 0.6) is 0 Å². The summed E-state index contributed by atoms with van der Waals surface area (Å²) >= 11 is 0. The van der Waals surface area contributed by atoms with Crippen LogP contribution in [0.1, 0.15) is 25.5 Å². The van der Waals surface area contributed by atoms with Crippen LogP contribution >= 0.6 is 0 Å². The third-order valence-corrected chi connectivity index (χ3v) is 2.79. The maximum Gasteiger partial charge on any atom is 0.368 e. The number of nitrogens with zero attached hydrogens (tertiary/aromatic N) is 1. The maximum absolute atomic E-state index is 13.5. The molecule has 0 bridgehead atoms. The number of hydrogen-bond donors (Lipinski definition) is 0. The Hall–Kier alpha value is -2.18. The third-order valence-electron chi connectivity index (χ3n) is 2.79. The first-order valence-corrected chi connectivity index (χ1v) is 5.18. The molecule has 96 valence electrons. The van der Waals surface area contributed by atoms with E-state index in [2.05, 4.69) is 0 Å². The molecule has 0 fully saturated rings. The van der Waals surface area contributed by atoms with E-state index in [9.17, 15) is 19.3 Å². The highest BCUT2D eigenvalue weighted by Gasteiger charge is 2.49. The molecule has 0 aliphatic carbocycles. The van der Waals surface area contributed by atoms with E-state index in [0.717, 1.165) is 12.3 Å². The summed E-state index contributed by atoms with van der Waals surface area (Å²) in [5.41, 5.74) is 0.0746. The molecule has 2 unspecified atom stereocenters. The predicted molar refractivity (Wildman–Crippen MR) is 56.7 cm³/mol. The molecule has 0 aromatic carbocycles. The van der Waals surface area contributed by atoms with Gasteiger partial charge in [0.1, 0.15) is 5.76 Å². The largest absolute Gasteiger partial charge is 0.465 e. The molecule has 1 aromatic heterocycles. The van der Waals surface area contributed by atoms with E-state index in [4.69, 9.17) is 9.15 Å². The fourth-order valence-corrected chi connectivity index (χ4v) is 2.09. The number of nitro groups is 1. The molecule has 6 nitrogen and oxygen atoms in total. The number of carbonyl (C=O) groups is 1. The Morgan fingerprint density at radius 3 is 2.67 bits per heavy atom. The quantitative estimate of drug-likeness (QED) is 0.609. The number of furan rings is 1. The second kappa shape index (κ2) is 4.25.